The summed E-state index contributed by atoms with van der Waals surface area (Å²) in [6.45, 7) is 1.96. The van der Waals surface area contributed by atoms with Crippen molar-refractivity contribution in [2.75, 3.05) is 21.3 Å². The van der Waals surface area contributed by atoms with Crippen LogP contribution < -0.4 is 14.8 Å². The molecule has 0 saturated carbocycles. The van der Waals surface area contributed by atoms with E-state index in [0.717, 1.165) is 6.42 Å². The third-order valence-electron chi connectivity index (χ3n) is 2.75. The SMILES string of the molecule is CCC(NC)C(=O)c1cc(OC)ccc1OC. The van der Waals surface area contributed by atoms with E-state index in [1.165, 1.54) is 0 Å². The number of likely N-dealkylation sites (N-methyl/N-ethyl adjacent to an activating group) is 1. The number of hydrogen-bond acceptors (Lipinski definition) is 4. The molecule has 0 saturated heterocycles. The second-order valence-electron chi connectivity index (χ2n) is 3.68. The summed E-state index contributed by atoms with van der Waals surface area (Å²) in [5.41, 5.74) is 0.549. The number of ketones is 1. The van der Waals surface area contributed by atoms with Crippen LogP contribution in [0.1, 0.15) is 23.7 Å². The summed E-state index contributed by atoms with van der Waals surface area (Å²) in [6, 6.07) is 5.03. The molecule has 0 amide bonds. The van der Waals surface area contributed by atoms with Gasteiger partial charge < -0.3 is 14.8 Å². The summed E-state index contributed by atoms with van der Waals surface area (Å²) in [6.07, 6.45) is 0.732. The maximum Gasteiger partial charge on any atom is 0.183 e. The lowest BCUT2D eigenvalue weighted by Gasteiger charge is -2.15. The van der Waals surface area contributed by atoms with Crippen LogP contribution in [-0.4, -0.2) is 33.1 Å². The molecule has 0 radical (unpaired) electrons. The van der Waals surface area contributed by atoms with Crippen LogP contribution >= 0.6 is 0 Å². The van der Waals surface area contributed by atoms with E-state index in [-0.39, 0.29) is 11.8 Å². The molecule has 0 aromatic heterocycles. The molecule has 1 rings (SSSR count). The van der Waals surface area contributed by atoms with E-state index in [9.17, 15) is 4.79 Å². The van der Waals surface area contributed by atoms with E-state index in [0.29, 0.717) is 17.1 Å². The van der Waals surface area contributed by atoms with Gasteiger partial charge in [0.05, 0.1) is 25.8 Å². The molecule has 0 heterocycles. The highest BCUT2D eigenvalue weighted by Crippen LogP contribution is 2.25. The second-order valence-corrected chi connectivity index (χ2v) is 3.68. The zero-order chi connectivity index (χ0) is 12.8. The molecule has 1 N–H and O–H groups in total. The van der Waals surface area contributed by atoms with Gasteiger partial charge in [-0.05, 0) is 31.7 Å². The molecule has 0 fully saturated rings. The van der Waals surface area contributed by atoms with Gasteiger partial charge >= 0.3 is 0 Å². The molecule has 4 nitrogen and oxygen atoms in total. The van der Waals surface area contributed by atoms with Crippen LogP contribution in [0.15, 0.2) is 18.2 Å². The molecule has 17 heavy (non-hydrogen) atoms. The van der Waals surface area contributed by atoms with Crippen molar-refractivity contribution in [2.24, 2.45) is 0 Å². The van der Waals surface area contributed by atoms with Gasteiger partial charge in [-0.2, -0.15) is 0 Å². The molecule has 0 bridgehead atoms. The number of methoxy groups -OCH3 is 2. The Kier molecular flexibility index (Phi) is 4.97. The molecular weight excluding hydrogens is 218 g/mol. The summed E-state index contributed by atoms with van der Waals surface area (Å²) >= 11 is 0. The Labute approximate surface area is 102 Å². The lowest BCUT2D eigenvalue weighted by atomic mass is 10.0. The molecule has 1 atom stereocenters. The third-order valence-corrected chi connectivity index (χ3v) is 2.75. The molecule has 1 unspecified atom stereocenters. The van der Waals surface area contributed by atoms with Crippen molar-refractivity contribution >= 4 is 5.78 Å². The molecular formula is C13H19NO3. The molecule has 0 aliphatic heterocycles. The fourth-order valence-electron chi connectivity index (χ4n) is 1.71. The number of ether oxygens (including phenoxy) is 2. The van der Waals surface area contributed by atoms with Crippen molar-refractivity contribution in [1.29, 1.82) is 0 Å². The van der Waals surface area contributed by atoms with Crippen LogP contribution in [0.25, 0.3) is 0 Å². The Morgan fingerprint density at radius 2 is 2.06 bits per heavy atom. The van der Waals surface area contributed by atoms with Gasteiger partial charge in [0.1, 0.15) is 11.5 Å². The normalized spacial score (nSPS) is 12.0. The smallest absolute Gasteiger partial charge is 0.183 e. The van der Waals surface area contributed by atoms with Crippen LogP contribution in [-0.2, 0) is 0 Å². The Morgan fingerprint density at radius 3 is 2.53 bits per heavy atom. The zero-order valence-corrected chi connectivity index (χ0v) is 10.7. The average molecular weight is 237 g/mol. The number of Topliss-reactive ketones (excluding diaryl/α,β-unsaturated/α-hetero) is 1. The Bertz CT molecular complexity index is 386. The van der Waals surface area contributed by atoms with Crippen LogP contribution in [0.2, 0.25) is 0 Å². The summed E-state index contributed by atoms with van der Waals surface area (Å²) in [7, 11) is 4.91. The molecule has 1 aromatic rings. The lowest BCUT2D eigenvalue weighted by molar-refractivity contribution is 0.0941. The largest absolute Gasteiger partial charge is 0.497 e. The van der Waals surface area contributed by atoms with E-state index < -0.39 is 0 Å². The van der Waals surface area contributed by atoms with Crippen molar-refractivity contribution < 1.29 is 14.3 Å². The fraction of sp³-hybridized carbons (Fsp3) is 0.462. The number of carbonyl (C=O) groups is 1. The number of benzene rings is 1. The second kappa shape index (κ2) is 6.25. The summed E-state index contributed by atoms with van der Waals surface area (Å²) in [5, 5.41) is 2.99. The van der Waals surface area contributed by atoms with E-state index in [2.05, 4.69) is 5.32 Å². The van der Waals surface area contributed by atoms with E-state index >= 15 is 0 Å². The van der Waals surface area contributed by atoms with Crippen molar-refractivity contribution in [3.05, 3.63) is 23.8 Å². The van der Waals surface area contributed by atoms with Crippen LogP contribution in [0.4, 0.5) is 0 Å². The number of nitrogens with one attached hydrogen (secondary N) is 1. The monoisotopic (exact) mass is 237 g/mol. The van der Waals surface area contributed by atoms with Crippen LogP contribution in [0.3, 0.4) is 0 Å². The highest BCUT2D eigenvalue weighted by molar-refractivity contribution is 6.02. The van der Waals surface area contributed by atoms with Gasteiger partial charge in [-0.1, -0.05) is 6.92 Å². The highest BCUT2D eigenvalue weighted by atomic mass is 16.5. The Balaban J connectivity index is 3.13. The van der Waals surface area contributed by atoms with Crippen molar-refractivity contribution in [3.63, 3.8) is 0 Å². The number of rotatable bonds is 6. The van der Waals surface area contributed by atoms with Gasteiger partial charge in [0.2, 0.25) is 0 Å². The van der Waals surface area contributed by atoms with Crippen molar-refractivity contribution in [1.82, 2.24) is 5.32 Å². The standard InChI is InChI=1S/C13H19NO3/c1-5-11(14-2)13(15)10-8-9(16-3)6-7-12(10)17-4/h6-8,11,14H,5H2,1-4H3. The molecule has 94 valence electrons. The molecule has 1 aromatic carbocycles. The summed E-state index contributed by atoms with van der Waals surface area (Å²) in [4.78, 5) is 12.3. The van der Waals surface area contributed by atoms with Crippen molar-refractivity contribution in [2.45, 2.75) is 19.4 Å². The van der Waals surface area contributed by atoms with E-state index in [1.54, 1.807) is 39.5 Å². The lowest BCUT2D eigenvalue weighted by Crippen LogP contribution is -2.33. The predicted octanol–water partition coefficient (Wildman–Crippen LogP) is 1.88. The highest BCUT2D eigenvalue weighted by Gasteiger charge is 2.20. The molecule has 0 aliphatic carbocycles. The molecule has 0 spiro atoms. The summed E-state index contributed by atoms with van der Waals surface area (Å²) in [5.74, 6) is 1.25. The van der Waals surface area contributed by atoms with Crippen LogP contribution in [0, 0.1) is 0 Å². The van der Waals surface area contributed by atoms with Gasteiger partial charge in [0.25, 0.3) is 0 Å². The Morgan fingerprint density at radius 1 is 1.35 bits per heavy atom. The van der Waals surface area contributed by atoms with Crippen LogP contribution in [0.5, 0.6) is 11.5 Å². The molecule has 0 aliphatic rings. The fourth-order valence-corrected chi connectivity index (χ4v) is 1.71. The van der Waals surface area contributed by atoms with E-state index in [1.807, 2.05) is 6.92 Å². The quantitative estimate of drug-likeness (QED) is 0.767. The maximum atomic E-state index is 12.3. The average Bonchev–Trinajstić information content (AvgIpc) is 2.39. The Hall–Kier alpha value is -1.55. The minimum absolute atomic E-state index is 0.0192. The van der Waals surface area contributed by atoms with Gasteiger partial charge in [0.15, 0.2) is 5.78 Å². The van der Waals surface area contributed by atoms with Gasteiger partial charge in [-0.25, -0.2) is 0 Å². The minimum atomic E-state index is -0.198. The van der Waals surface area contributed by atoms with Crippen molar-refractivity contribution in [3.8, 4) is 11.5 Å². The first kappa shape index (κ1) is 13.5. The number of carbonyl (C=O) groups excluding carboxylic acids is 1. The topological polar surface area (TPSA) is 47.6 Å². The number of hydrogen-bond donors (Lipinski definition) is 1. The predicted molar refractivity (Wildman–Crippen MR) is 67.0 cm³/mol. The van der Waals surface area contributed by atoms with Gasteiger partial charge in [-0.3, -0.25) is 4.79 Å². The first-order valence-corrected chi connectivity index (χ1v) is 5.61. The van der Waals surface area contributed by atoms with E-state index in [4.69, 9.17) is 9.47 Å². The minimum Gasteiger partial charge on any atom is -0.497 e. The molecule has 4 heteroatoms. The first-order valence-electron chi connectivity index (χ1n) is 5.61. The third kappa shape index (κ3) is 2.97. The zero-order valence-electron chi connectivity index (χ0n) is 10.7. The van der Waals surface area contributed by atoms with Gasteiger partial charge in [0, 0.05) is 0 Å². The first-order chi connectivity index (χ1) is 8.17. The van der Waals surface area contributed by atoms with Gasteiger partial charge in [-0.15, -0.1) is 0 Å². The maximum absolute atomic E-state index is 12.3. The summed E-state index contributed by atoms with van der Waals surface area (Å²) < 4.78 is 10.3.